The molecular weight excluding hydrogens is 192 g/mol. The molecule has 0 radical (unpaired) electrons. The number of halogens is 1. The molecular formula is C8H7ClN2O2. The van der Waals surface area contributed by atoms with Gasteiger partial charge in [0, 0.05) is 5.02 Å². The Labute approximate surface area is 79.2 Å². The lowest BCUT2D eigenvalue weighted by atomic mass is 10.3. The molecule has 1 heterocycles. The van der Waals surface area contributed by atoms with Gasteiger partial charge in [-0.1, -0.05) is 11.6 Å². The fraction of sp³-hybridized carbons (Fsp3) is 0.125. The maximum Gasteiger partial charge on any atom is 0.395 e. The van der Waals surface area contributed by atoms with Crippen molar-refractivity contribution in [3.05, 3.63) is 23.2 Å². The Bertz CT molecular complexity index is 427. The molecule has 0 saturated heterocycles. The summed E-state index contributed by atoms with van der Waals surface area (Å²) in [7, 11) is 0. The van der Waals surface area contributed by atoms with Crippen LogP contribution in [0, 0.1) is 0 Å². The van der Waals surface area contributed by atoms with Gasteiger partial charge in [-0.15, -0.1) is 0 Å². The van der Waals surface area contributed by atoms with Gasteiger partial charge in [-0.25, -0.2) is 0 Å². The molecule has 5 heteroatoms. The minimum atomic E-state index is 0.0422. The standard InChI is InChI=1S/C8H7ClN2O2/c9-5-1-2-7-6(3-5)11-8(13-7)12-4-10/h1-3H,4,10H2. The van der Waals surface area contributed by atoms with E-state index in [2.05, 4.69) is 4.98 Å². The Morgan fingerprint density at radius 3 is 3.15 bits per heavy atom. The lowest BCUT2D eigenvalue weighted by Crippen LogP contribution is -2.07. The van der Waals surface area contributed by atoms with E-state index in [0.29, 0.717) is 16.1 Å². The van der Waals surface area contributed by atoms with E-state index in [1.165, 1.54) is 0 Å². The molecule has 13 heavy (non-hydrogen) atoms. The van der Waals surface area contributed by atoms with Crippen molar-refractivity contribution in [3.8, 4) is 6.08 Å². The number of benzene rings is 1. The number of fused-ring (bicyclic) bond motifs is 1. The van der Waals surface area contributed by atoms with Crippen LogP contribution in [0.25, 0.3) is 11.1 Å². The summed E-state index contributed by atoms with van der Waals surface area (Å²) in [6.07, 6.45) is 0.166. The van der Waals surface area contributed by atoms with E-state index in [0.717, 1.165) is 0 Å². The first-order valence-electron chi connectivity index (χ1n) is 3.68. The van der Waals surface area contributed by atoms with Crippen molar-refractivity contribution >= 4 is 22.7 Å². The van der Waals surface area contributed by atoms with Crippen molar-refractivity contribution in [1.29, 1.82) is 0 Å². The molecule has 0 aliphatic rings. The molecule has 0 aliphatic heterocycles. The van der Waals surface area contributed by atoms with Crippen LogP contribution in [-0.4, -0.2) is 11.7 Å². The van der Waals surface area contributed by atoms with Crippen molar-refractivity contribution in [2.45, 2.75) is 0 Å². The maximum absolute atomic E-state index is 5.76. The summed E-state index contributed by atoms with van der Waals surface area (Å²) in [4.78, 5) is 4.01. The first kappa shape index (κ1) is 8.34. The van der Waals surface area contributed by atoms with Gasteiger partial charge in [-0.05, 0) is 18.2 Å². The maximum atomic E-state index is 5.76. The Morgan fingerprint density at radius 2 is 2.38 bits per heavy atom. The number of rotatable bonds is 2. The average molecular weight is 199 g/mol. The van der Waals surface area contributed by atoms with Crippen LogP contribution in [0.5, 0.6) is 6.08 Å². The lowest BCUT2D eigenvalue weighted by Gasteiger charge is -1.91. The van der Waals surface area contributed by atoms with Gasteiger partial charge < -0.3 is 9.15 Å². The summed E-state index contributed by atoms with van der Waals surface area (Å²) >= 11 is 5.76. The van der Waals surface area contributed by atoms with E-state index in [1.54, 1.807) is 18.2 Å². The summed E-state index contributed by atoms with van der Waals surface area (Å²) in [5.41, 5.74) is 6.46. The van der Waals surface area contributed by atoms with Gasteiger partial charge in [0.25, 0.3) is 0 Å². The fourth-order valence-corrected chi connectivity index (χ4v) is 1.18. The lowest BCUT2D eigenvalue weighted by molar-refractivity contribution is 0.244. The van der Waals surface area contributed by atoms with Crippen LogP contribution >= 0.6 is 11.6 Å². The first-order chi connectivity index (χ1) is 6.29. The Hall–Kier alpha value is -1.26. The van der Waals surface area contributed by atoms with Crippen LogP contribution in [-0.2, 0) is 0 Å². The Balaban J connectivity index is 2.49. The fourth-order valence-electron chi connectivity index (χ4n) is 1.01. The monoisotopic (exact) mass is 198 g/mol. The van der Waals surface area contributed by atoms with E-state index >= 15 is 0 Å². The zero-order valence-electron chi connectivity index (χ0n) is 6.66. The van der Waals surface area contributed by atoms with Crippen LogP contribution in [0.1, 0.15) is 0 Å². The van der Waals surface area contributed by atoms with Crippen molar-refractivity contribution < 1.29 is 9.15 Å². The topological polar surface area (TPSA) is 61.3 Å². The van der Waals surface area contributed by atoms with Crippen molar-refractivity contribution in [2.75, 3.05) is 6.73 Å². The predicted molar refractivity (Wildman–Crippen MR) is 48.7 cm³/mol. The van der Waals surface area contributed by atoms with E-state index in [4.69, 9.17) is 26.5 Å². The largest absolute Gasteiger partial charge is 0.434 e. The van der Waals surface area contributed by atoms with E-state index in [9.17, 15) is 0 Å². The number of nitrogens with two attached hydrogens (primary N) is 1. The number of ether oxygens (including phenoxy) is 1. The van der Waals surface area contributed by atoms with Crippen LogP contribution in [0.2, 0.25) is 5.02 Å². The van der Waals surface area contributed by atoms with Gasteiger partial charge >= 0.3 is 6.08 Å². The molecule has 0 fully saturated rings. The van der Waals surface area contributed by atoms with Gasteiger partial charge in [0.2, 0.25) is 0 Å². The van der Waals surface area contributed by atoms with Crippen LogP contribution in [0.3, 0.4) is 0 Å². The molecule has 0 saturated carbocycles. The second-order valence-electron chi connectivity index (χ2n) is 2.40. The van der Waals surface area contributed by atoms with E-state index < -0.39 is 0 Å². The van der Waals surface area contributed by atoms with Gasteiger partial charge in [0.05, 0.1) is 0 Å². The Morgan fingerprint density at radius 1 is 1.54 bits per heavy atom. The van der Waals surface area contributed by atoms with Crippen LogP contribution in [0.15, 0.2) is 22.6 Å². The first-order valence-corrected chi connectivity index (χ1v) is 4.06. The third kappa shape index (κ3) is 1.59. The minimum absolute atomic E-state index is 0.0422. The van der Waals surface area contributed by atoms with Crippen molar-refractivity contribution in [2.24, 2.45) is 5.73 Å². The summed E-state index contributed by atoms with van der Waals surface area (Å²) in [6, 6.07) is 5.15. The number of oxazole rings is 1. The van der Waals surface area contributed by atoms with Crippen molar-refractivity contribution in [3.63, 3.8) is 0 Å². The zero-order valence-corrected chi connectivity index (χ0v) is 7.41. The number of hydrogen-bond donors (Lipinski definition) is 1. The molecule has 0 aliphatic carbocycles. The number of aromatic nitrogens is 1. The highest BCUT2D eigenvalue weighted by Gasteiger charge is 2.05. The summed E-state index contributed by atoms with van der Waals surface area (Å²) < 4.78 is 10.1. The van der Waals surface area contributed by atoms with Crippen LogP contribution in [0.4, 0.5) is 0 Å². The summed E-state index contributed by atoms with van der Waals surface area (Å²) in [6.45, 7) is 0.0422. The normalized spacial score (nSPS) is 10.6. The molecule has 0 amide bonds. The summed E-state index contributed by atoms with van der Waals surface area (Å²) in [5, 5.41) is 0.611. The third-order valence-electron chi connectivity index (χ3n) is 1.54. The molecule has 1 aromatic carbocycles. The highest BCUT2D eigenvalue weighted by atomic mass is 35.5. The van der Waals surface area contributed by atoms with Gasteiger partial charge in [0.1, 0.15) is 12.2 Å². The molecule has 2 N–H and O–H groups in total. The molecule has 0 unspecified atom stereocenters. The highest BCUT2D eigenvalue weighted by Crippen LogP contribution is 2.23. The average Bonchev–Trinajstić information content (AvgIpc) is 2.46. The molecule has 68 valence electrons. The second-order valence-corrected chi connectivity index (χ2v) is 2.84. The molecule has 0 atom stereocenters. The second kappa shape index (κ2) is 3.24. The molecule has 1 aromatic heterocycles. The van der Waals surface area contributed by atoms with Crippen LogP contribution < -0.4 is 10.5 Å². The van der Waals surface area contributed by atoms with Crippen molar-refractivity contribution in [1.82, 2.24) is 4.98 Å². The number of hydrogen-bond acceptors (Lipinski definition) is 4. The van der Waals surface area contributed by atoms with E-state index in [1.807, 2.05) is 0 Å². The van der Waals surface area contributed by atoms with Gasteiger partial charge in [0.15, 0.2) is 5.58 Å². The van der Waals surface area contributed by atoms with Gasteiger partial charge in [-0.2, -0.15) is 4.98 Å². The Kier molecular flexibility index (Phi) is 2.08. The predicted octanol–water partition coefficient (Wildman–Crippen LogP) is 1.78. The highest BCUT2D eigenvalue weighted by molar-refractivity contribution is 6.31. The third-order valence-corrected chi connectivity index (χ3v) is 1.77. The molecule has 0 bridgehead atoms. The van der Waals surface area contributed by atoms with E-state index in [-0.39, 0.29) is 12.8 Å². The minimum Gasteiger partial charge on any atom is -0.434 e. The smallest absolute Gasteiger partial charge is 0.395 e. The number of nitrogens with zero attached hydrogens (tertiary/aromatic N) is 1. The summed E-state index contributed by atoms with van der Waals surface area (Å²) in [5.74, 6) is 0. The molecule has 2 rings (SSSR count). The van der Waals surface area contributed by atoms with Gasteiger partial charge in [-0.3, -0.25) is 5.73 Å². The zero-order chi connectivity index (χ0) is 9.26. The molecule has 2 aromatic rings. The molecule has 0 spiro atoms. The quantitative estimate of drug-likeness (QED) is 0.748. The SMILES string of the molecule is NCOc1nc2cc(Cl)ccc2o1. The molecule has 4 nitrogen and oxygen atoms in total.